The lowest BCUT2D eigenvalue weighted by atomic mass is 10.1. The molecule has 1 aliphatic carbocycles. The molecule has 2 rings (SSSR count). The van der Waals surface area contributed by atoms with Crippen molar-refractivity contribution in [3.8, 4) is 0 Å². The third-order valence-electron chi connectivity index (χ3n) is 3.37. The van der Waals surface area contributed by atoms with E-state index in [-0.39, 0.29) is 5.78 Å². The van der Waals surface area contributed by atoms with E-state index in [2.05, 4.69) is 11.8 Å². The van der Waals surface area contributed by atoms with E-state index >= 15 is 0 Å². The van der Waals surface area contributed by atoms with Gasteiger partial charge in [0, 0.05) is 24.6 Å². The molecule has 0 atom stereocenters. The lowest BCUT2D eigenvalue weighted by molar-refractivity contribution is 0.0962. The number of carbonyl (C=O) groups excluding carboxylic acids is 1. The van der Waals surface area contributed by atoms with Gasteiger partial charge in [-0.3, -0.25) is 9.69 Å². The van der Waals surface area contributed by atoms with Crippen LogP contribution in [0.4, 0.5) is 0 Å². The van der Waals surface area contributed by atoms with E-state index in [0.29, 0.717) is 17.0 Å². The van der Waals surface area contributed by atoms with Gasteiger partial charge < -0.3 is 0 Å². The Hall–Kier alpha value is -0.860. The van der Waals surface area contributed by atoms with Gasteiger partial charge in [0.05, 0.1) is 5.02 Å². The highest BCUT2D eigenvalue weighted by Gasteiger charge is 2.28. The van der Waals surface area contributed by atoms with Crippen LogP contribution in [0.15, 0.2) is 24.3 Å². The first-order valence-corrected chi connectivity index (χ1v) is 7.12. The Bertz CT molecular complexity index is 415. The van der Waals surface area contributed by atoms with Crippen LogP contribution < -0.4 is 0 Å². The van der Waals surface area contributed by atoms with E-state index in [9.17, 15) is 4.79 Å². The van der Waals surface area contributed by atoms with Crippen LogP contribution in [0.3, 0.4) is 0 Å². The number of rotatable bonds is 7. The van der Waals surface area contributed by atoms with Crippen LogP contribution in [0.2, 0.25) is 5.02 Å². The standard InChI is InChI=1S/C15H20ClNO/c1-2-10-17(12-7-8-12)11-9-15(18)13-5-3-4-6-14(13)16/h3-6,12H,2,7-11H2,1H3. The predicted molar refractivity (Wildman–Crippen MR) is 75.3 cm³/mol. The zero-order chi connectivity index (χ0) is 13.0. The first kappa shape index (κ1) is 13.6. The molecule has 18 heavy (non-hydrogen) atoms. The maximum atomic E-state index is 12.1. The first-order chi connectivity index (χ1) is 8.72. The van der Waals surface area contributed by atoms with E-state index in [0.717, 1.165) is 25.6 Å². The second-order valence-electron chi connectivity index (χ2n) is 4.92. The molecule has 3 heteroatoms. The van der Waals surface area contributed by atoms with Crippen molar-refractivity contribution in [3.63, 3.8) is 0 Å². The lowest BCUT2D eigenvalue weighted by Gasteiger charge is -2.20. The van der Waals surface area contributed by atoms with Gasteiger partial charge in [-0.05, 0) is 37.9 Å². The minimum absolute atomic E-state index is 0.155. The van der Waals surface area contributed by atoms with Crippen molar-refractivity contribution in [2.75, 3.05) is 13.1 Å². The third kappa shape index (κ3) is 3.56. The SMILES string of the molecule is CCCN(CCC(=O)c1ccccc1Cl)C1CC1. The van der Waals surface area contributed by atoms with E-state index in [4.69, 9.17) is 11.6 Å². The predicted octanol–water partition coefficient (Wildman–Crippen LogP) is 3.79. The van der Waals surface area contributed by atoms with Gasteiger partial charge in [0.15, 0.2) is 5.78 Å². The first-order valence-electron chi connectivity index (χ1n) is 6.74. The maximum Gasteiger partial charge on any atom is 0.165 e. The summed E-state index contributed by atoms with van der Waals surface area (Å²) >= 11 is 6.04. The van der Waals surface area contributed by atoms with E-state index in [1.807, 2.05) is 18.2 Å². The fourth-order valence-corrected chi connectivity index (χ4v) is 2.51. The van der Waals surface area contributed by atoms with Crippen molar-refractivity contribution >= 4 is 17.4 Å². The molecule has 1 fully saturated rings. The Balaban J connectivity index is 1.89. The molecule has 0 amide bonds. The molecule has 0 saturated heterocycles. The summed E-state index contributed by atoms with van der Waals surface area (Å²) in [6.45, 7) is 4.15. The monoisotopic (exact) mass is 265 g/mol. The molecule has 1 saturated carbocycles. The van der Waals surface area contributed by atoms with E-state index < -0.39 is 0 Å². The van der Waals surface area contributed by atoms with Crippen molar-refractivity contribution in [1.29, 1.82) is 0 Å². The average molecular weight is 266 g/mol. The summed E-state index contributed by atoms with van der Waals surface area (Å²) in [5.41, 5.74) is 0.659. The van der Waals surface area contributed by atoms with Gasteiger partial charge >= 0.3 is 0 Å². The molecular formula is C15H20ClNO. The Labute approximate surface area is 114 Å². The Kier molecular flexibility index (Phi) is 4.79. The highest BCUT2D eigenvalue weighted by Crippen LogP contribution is 2.27. The van der Waals surface area contributed by atoms with Crippen molar-refractivity contribution in [2.45, 2.75) is 38.6 Å². The number of carbonyl (C=O) groups is 1. The molecular weight excluding hydrogens is 246 g/mol. The summed E-state index contributed by atoms with van der Waals surface area (Å²) in [6, 6.07) is 8.03. The number of nitrogens with zero attached hydrogens (tertiary/aromatic N) is 1. The maximum absolute atomic E-state index is 12.1. The second kappa shape index (κ2) is 6.35. The van der Waals surface area contributed by atoms with Crippen LogP contribution in [0.25, 0.3) is 0 Å². The van der Waals surface area contributed by atoms with Crippen LogP contribution in [0, 0.1) is 0 Å². The van der Waals surface area contributed by atoms with Gasteiger partial charge in [-0.2, -0.15) is 0 Å². The fraction of sp³-hybridized carbons (Fsp3) is 0.533. The van der Waals surface area contributed by atoms with Gasteiger partial charge in [-0.15, -0.1) is 0 Å². The highest BCUT2D eigenvalue weighted by molar-refractivity contribution is 6.33. The summed E-state index contributed by atoms with van der Waals surface area (Å²) in [6.07, 6.45) is 4.30. The second-order valence-corrected chi connectivity index (χ2v) is 5.33. The molecule has 0 aromatic heterocycles. The number of ketones is 1. The molecule has 0 heterocycles. The number of hydrogen-bond acceptors (Lipinski definition) is 2. The summed E-state index contributed by atoms with van der Waals surface area (Å²) in [7, 11) is 0. The van der Waals surface area contributed by atoms with Crippen LogP contribution in [0.5, 0.6) is 0 Å². The molecule has 0 N–H and O–H groups in total. The lowest BCUT2D eigenvalue weighted by Crippen LogP contribution is -2.29. The topological polar surface area (TPSA) is 20.3 Å². The minimum atomic E-state index is 0.155. The fourth-order valence-electron chi connectivity index (χ4n) is 2.27. The molecule has 1 aromatic carbocycles. The summed E-state index contributed by atoms with van der Waals surface area (Å²) in [5, 5.41) is 0.566. The number of halogens is 1. The molecule has 2 nitrogen and oxygen atoms in total. The summed E-state index contributed by atoms with van der Waals surface area (Å²) in [4.78, 5) is 14.5. The minimum Gasteiger partial charge on any atom is -0.300 e. The van der Waals surface area contributed by atoms with Gasteiger partial charge in [-0.1, -0.05) is 30.7 Å². The van der Waals surface area contributed by atoms with Gasteiger partial charge in [-0.25, -0.2) is 0 Å². The van der Waals surface area contributed by atoms with Crippen molar-refractivity contribution < 1.29 is 4.79 Å². The molecule has 0 radical (unpaired) electrons. The number of hydrogen-bond donors (Lipinski definition) is 0. The van der Waals surface area contributed by atoms with Gasteiger partial charge in [0.1, 0.15) is 0 Å². The van der Waals surface area contributed by atoms with Crippen LogP contribution in [0.1, 0.15) is 43.0 Å². The quantitative estimate of drug-likeness (QED) is 0.699. The van der Waals surface area contributed by atoms with Crippen LogP contribution >= 0.6 is 11.6 Å². The molecule has 0 spiro atoms. The molecule has 0 bridgehead atoms. The summed E-state index contributed by atoms with van der Waals surface area (Å²) in [5.74, 6) is 0.155. The van der Waals surface area contributed by atoms with E-state index in [1.54, 1.807) is 6.07 Å². The van der Waals surface area contributed by atoms with Crippen molar-refractivity contribution in [2.24, 2.45) is 0 Å². The number of Topliss-reactive ketones (excluding diaryl/α,β-unsaturated/α-hetero) is 1. The largest absolute Gasteiger partial charge is 0.300 e. The normalized spacial score (nSPS) is 15.1. The highest BCUT2D eigenvalue weighted by atomic mass is 35.5. The zero-order valence-electron chi connectivity index (χ0n) is 10.9. The van der Waals surface area contributed by atoms with Crippen molar-refractivity contribution in [3.05, 3.63) is 34.9 Å². The molecule has 0 unspecified atom stereocenters. The third-order valence-corrected chi connectivity index (χ3v) is 3.70. The smallest absolute Gasteiger partial charge is 0.165 e. The van der Waals surface area contributed by atoms with E-state index in [1.165, 1.54) is 12.8 Å². The van der Waals surface area contributed by atoms with Gasteiger partial charge in [0.25, 0.3) is 0 Å². The summed E-state index contributed by atoms with van der Waals surface area (Å²) < 4.78 is 0. The zero-order valence-corrected chi connectivity index (χ0v) is 11.6. The Morgan fingerprint density at radius 2 is 2.06 bits per heavy atom. The average Bonchev–Trinajstić information content (AvgIpc) is 3.19. The Morgan fingerprint density at radius 3 is 2.67 bits per heavy atom. The van der Waals surface area contributed by atoms with Gasteiger partial charge in [0.2, 0.25) is 0 Å². The molecule has 0 aliphatic heterocycles. The molecule has 98 valence electrons. The molecule has 1 aromatic rings. The number of benzene rings is 1. The molecule has 1 aliphatic rings. The Morgan fingerprint density at radius 1 is 1.33 bits per heavy atom. The van der Waals surface area contributed by atoms with Crippen molar-refractivity contribution in [1.82, 2.24) is 4.90 Å². The van der Waals surface area contributed by atoms with Crippen LogP contribution in [-0.4, -0.2) is 29.8 Å². The van der Waals surface area contributed by atoms with Crippen LogP contribution in [-0.2, 0) is 0 Å².